The van der Waals surface area contributed by atoms with E-state index in [2.05, 4.69) is 31.2 Å². The predicted molar refractivity (Wildman–Crippen MR) is 87.4 cm³/mol. The lowest BCUT2D eigenvalue weighted by Crippen LogP contribution is -2.23. The van der Waals surface area contributed by atoms with Gasteiger partial charge in [0.25, 0.3) is 0 Å². The summed E-state index contributed by atoms with van der Waals surface area (Å²) in [5.41, 5.74) is 1.58. The average Bonchev–Trinajstić information content (AvgIpc) is 2.48. The Kier molecular flexibility index (Phi) is 6.67. The van der Waals surface area contributed by atoms with Gasteiger partial charge >= 0.3 is 5.97 Å². The van der Waals surface area contributed by atoms with Gasteiger partial charge in [0.05, 0.1) is 5.56 Å². The van der Waals surface area contributed by atoms with Crippen LogP contribution in [0.1, 0.15) is 43.6 Å². The molecule has 0 spiro atoms. The van der Waals surface area contributed by atoms with E-state index < -0.39 is 5.60 Å². The quantitative estimate of drug-likeness (QED) is 0.734. The molecule has 2 aromatic rings. The molecular weight excluding hydrogens is 260 g/mol. The van der Waals surface area contributed by atoms with Crippen molar-refractivity contribution < 1.29 is 9.53 Å². The number of aryl methyl sites for hydroxylation is 1. The first-order chi connectivity index (χ1) is 9.92. The van der Waals surface area contributed by atoms with Gasteiger partial charge in [-0.2, -0.15) is 0 Å². The molecule has 0 fully saturated rings. The van der Waals surface area contributed by atoms with Crippen LogP contribution < -0.4 is 0 Å². The van der Waals surface area contributed by atoms with Crippen molar-refractivity contribution in [3.05, 3.63) is 71.8 Å². The van der Waals surface area contributed by atoms with E-state index in [0.717, 1.165) is 6.42 Å². The molecule has 0 bridgehead atoms. The summed E-state index contributed by atoms with van der Waals surface area (Å²) in [5.74, 6) is -0.270. The lowest BCUT2D eigenvalue weighted by atomic mass is 10.2. The highest BCUT2D eigenvalue weighted by Crippen LogP contribution is 2.11. The molecule has 2 rings (SSSR count). The highest BCUT2D eigenvalue weighted by Gasteiger charge is 2.16. The Morgan fingerprint density at radius 1 is 0.905 bits per heavy atom. The highest BCUT2D eigenvalue weighted by molar-refractivity contribution is 5.89. The van der Waals surface area contributed by atoms with Crippen molar-refractivity contribution in [3.8, 4) is 0 Å². The Morgan fingerprint density at radius 3 is 1.76 bits per heavy atom. The molecule has 2 heteroatoms. The van der Waals surface area contributed by atoms with E-state index in [0.29, 0.717) is 5.56 Å². The number of esters is 1. The van der Waals surface area contributed by atoms with Crippen molar-refractivity contribution in [3.63, 3.8) is 0 Å². The van der Waals surface area contributed by atoms with Crippen LogP contribution in [-0.2, 0) is 11.2 Å². The molecule has 0 saturated carbocycles. The zero-order valence-corrected chi connectivity index (χ0v) is 13.3. The van der Waals surface area contributed by atoms with E-state index in [1.165, 1.54) is 5.56 Å². The number of hydrogen-bond acceptors (Lipinski definition) is 2. The van der Waals surface area contributed by atoms with Crippen molar-refractivity contribution in [1.82, 2.24) is 0 Å². The minimum atomic E-state index is -0.424. The Balaban J connectivity index is 0.000000235. The summed E-state index contributed by atoms with van der Waals surface area (Å²) in [6.07, 6.45) is 1.14. The Morgan fingerprint density at radius 2 is 1.38 bits per heavy atom. The molecule has 0 radical (unpaired) electrons. The first-order valence-electron chi connectivity index (χ1n) is 7.24. The topological polar surface area (TPSA) is 26.3 Å². The fraction of sp³-hybridized carbons (Fsp3) is 0.316. The molecule has 112 valence electrons. The number of carbonyl (C=O) groups is 1. The van der Waals surface area contributed by atoms with E-state index in [9.17, 15) is 4.79 Å². The van der Waals surface area contributed by atoms with Crippen LogP contribution >= 0.6 is 0 Å². The van der Waals surface area contributed by atoms with Gasteiger partial charge in [0.1, 0.15) is 5.60 Å². The molecule has 0 N–H and O–H groups in total. The van der Waals surface area contributed by atoms with Gasteiger partial charge in [-0.15, -0.1) is 0 Å². The lowest BCUT2D eigenvalue weighted by Gasteiger charge is -2.19. The van der Waals surface area contributed by atoms with Gasteiger partial charge in [-0.1, -0.05) is 55.5 Å². The molecule has 0 amide bonds. The van der Waals surface area contributed by atoms with Gasteiger partial charge in [0.15, 0.2) is 0 Å². The van der Waals surface area contributed by atoms with Crippen LogP contribution in [0.25, 0.3) is 0 Å². The maximum Gasteiger partial charge on any atom is 0.338 e. The second-order valence-electron chi connectivity index (χ2n) is 5.71. The molecule has 0 heterocycles. The Hall–Kier alpha value is -2.09. The molecule has 0 aliphatic carbocycles. The zero-order chi connectivity index (χ0) is 15.7. The fourth-order valence-electron chi connectivity index (χ4n) is 1.62. The molecule has 0 saturated heterocycles. The summed E-state index contributed by atoms with van der Waals surface area (Å²) in [5, 5.41) is 0. The van der Waals surface area contributed by atoms with Crippen LogP contribution in [0.5, 0.6) is 0 Å². The first kappa shape index (κ1) is 17.0. The average molecular weight is 284 g/mol. The van der Waals surface area contributed by atoms with Crippen LogP contribution in [0.15, 0.2) is 60.7 Å². The second kappa shape index (κ2) is 8.25. The fourth-order valence-corrected chi connectivity index (χ4v) is 1.62. The summed E-state index contributed by atoms with van der Waals surface area (Å²) < 4.78 is 5.18. The third-order valence-corrected chi connectivity index (χ3v) is 2.66. The van der Waals surface area contributed by atoms with Crippen LogP contribution in [0, 0.1) is 0 Å². The van der Waals surface area contributed by atoms with E-state index in [1.807, 2.05) is 45.0 Å². The van der Waals surface area contributed by atoms with Crippen molar-refractivity contribution in [2.45, 2.75) is 39.7 Å². The van der Waals surface area contributed by atoms with Gasteiger partial charge in [0.2, 0.25) is 0 Å². The van der Waals surface area contributed by atoms with Crippen molar-refractivity contribution >= 4 is 5.97 Å². The number of hydrogen-bond donors (Lipinski definition) is 0. The largest absolute Gasteiger partial charge is 0.456 e. The van der Waals surface area contributed by atoms with Crippen LogP contribution in [-0.4, -0.2) is 11.6 Å². The molecule has 0 aliphatic rings. The number of rotatable bonds is 2. The summed E-state index contributed by atoms with van der Waals surface area (Å²) in [6.45, 7) is 7.73. The Bertz CT molecular complexity index is 524. The van der Waals surface area contributed by atoms with Crippen LogP contribution in [0.4, 0.5) is 0 Å². The van der Waals surface area contributed by atoms with Crippen LogP contribution in [0.3, 0.4) is 0 Å². The Labute approximate surface area is 127 Å². The third-order valence-electron chi connectivity index (χ3n) is 2.66. The molecule has 2 nitrogen and oxygen atoms in total. The smallest absolute Gasteiger partial charge is 0.338 e. The minimum absolute atomic E-state index is 0.270. The summed E-state index contributed by atoms with van der Waals surface area (Å²) >= 11 is 0. The van der Waals surface area contributed by atoms with Crippen molar-refractivity contribution in [2.24, 2.45) is 0 Å². The molecular formula is C19H24O2. The SMILES string of the molecule is CC(C)(C)OC(=O)c1ccccc1.CCc1ccccc1. The van der Waals surface area contributed by atoms with E-state index >= 15 is 0 Å². The normalized spacial score (nSPS) is 10.3. The molecule has 21 heavy (non-hydrogen) atoms. The van der Waals surface area contributed by atoms with Gasteiger partial charge < -0.3 is 4.74 Å². The minimum Gasteiger partial charge on any atom is -0.456 e. The first-order valence-corrected chi connectivity index (χ1v) is 7.24. The molecule has 0 aliphatic heterocycles. The molecule has 0 atom stereocenters. The molecule has 0 unspecified atom stereocenters. The maximum atomic E-state index is 11.4. The van der Waals surface area contributed by atoms with Crippen LogP contribution in [0.2, 0.25) is 0 Å². The summed E-state index contributed by atoms with van der Waals surface area (Å²) in [6, 6.07) is 19.4. The third kappa shape index (κ3) is 7.31. The predicted octanol–water partition coefficient (Wildman–Crippen LogP) is 4.89. The monoisotopic (exact) mass is 284 g/mol. The van der Waals surface area contributed by atoms with Gasteiger partial charge in [0, 0.05) is 0 Å². The maximum absolute atomic E-state index is 11.4. The van der Waals surface area contributed by atoms with Crippen molar-refractivity contribution in [2.75, 3.05) is 0 Å². The standard InChI is InChI=1S/C11H14O2.C8H10/c1-11(2,3)13-10(12)9-7-5-4-6-8-9;1-2-8-6-4-3-5-7-8/h4-8H,1-3H3;3-7H,2H2,1H3. The van der Waals surface area contributed by atoms with Gasteiger partial charge in [-0.05, 0) is 44.9 Å². The summed E-state index contributed by atoms with van der Waals surface area (Å²) in [4.78, 5) is 11.4. The highest BCUT2D eigenvalue weighted by atomic mass is 16.6. The number of ether oxygens (including phenoxy) is 1. The number of benzene rings is 2. The lowest BCUT2D eigenvalue weighted by molar-refractivity contribution is 0.00695. The molecule has 2 aromatic carbocycles. The second-order valence-corrected chi connectivity index (χ2v) is 5.71. The van der Waals surface area contributed by atoms with E-state index in [4.69, 9.17) is 4.74 Å². The van der Waals surface area contributed by atoms with E-state index in [1.54, 1.807) is 12.1 Å². The van der Waals surface area contributed by atoms with Gasteiger partial charge in [-0.25, -0.2) is 4.79 Å². The van der Waals surface area contributed by atoms with Crippen molar-refractivity contribution in [1.29, 1.82) is 0 Å². The number of carbonyl (C=O) groups excluding carboxylic acids is 1. The zero-order valence-electron chi connectivity index (χ0n) is 13.3. The molecule has 0 aromatic heterocycles. The summed E-state index contributed by atoms with van der Waals surface area (Å²) in [7, 11) is 0. The van der Waals surface area contributed by atoms with E-state index in [-0.39, 0.29) is 5.97 Å². The van der Waals surface area contributed by atoms with Gasteiger partial charge in [-0.3, -0.25) is 0 Å².